The van der Waals surface area contributed by atoms with E-state index in [2.05, 4.69) is 29.1 Å². The van der Waals surface area contributed by atoms with Crippen LogP contribution in [-0.2, 0) is 12.5 Å². The van der Waals surface area contributed by atoms with Crippen LogP contribution in [0.2, 0.25) is 0 Å². The minimum absolute atomic E-state index is 0.0297. The van der Waals surface area contributed by atoms with Crippen LogP contribution < -0.4 is 4.74 Å². The van der Waals surface area contributed by atoms with Crippen molar-refractivity contribution in [3.8, 4) is 17.0 Å². The average Bonchev–Trinajstić information content (AvgIpc) is 3.31. The predicted octanol–water partition coefficient (Wildman–Crippen LogP) is 5.74. The molecule has 1 heterocycles. The molecule has 4 nitrogen and oxygen atoms in total. The molecule has 1 saturated carbocycles. The Morgan fingerprint density at radius 3 is 2.68 bits per heavy atom. The Bertz CT molecular complexity index is 763. The smallest absolute Gasteiger partial charge is 0.270 e. The number of alkyl halides is 2. The Morgan fingerprint density at radius 2 is 2.00 bits per heavy atom. The summed E-state index contributed by atoms with van der Waals surface area (Å²) in [5.41, 5.74) is 2.45. The molecule has 0 unspecified atom stereocenters. The summed E-state index contributed by atoms with van der Waals surface area (Å²) in [7, 11) is 2.07. The van der Waals surface area contributed by atoms with Gasteiger partial charge in [0.25, 0.3) is 5.92 Å². The first-order valence-electron chi connectivity index (χ1n) is 10.3. The van der Waals surface area contributed by atoms with E-state index in [0.717, 1.165) is 69.8 Å². The van der Waals surface area contributed by atoms with Crippen LogP contribution in [0.15, 0.2) is 24.4 Å². The van der Waals surface area contributed by atoms with Gasteiger partial charge < -0.3 is 9.64 Å². The van der Waals surface area contributed by atoms with Crippen LogP contribution in [0.25, 0.3) is 11.3 Å². The Labute approximate surface area is 166 Å². The molecule has 0 atom stereocenters. The van der Waals surface area contributed by atoms with E-state index >= 15 is 0 Å². The van der Waals surface area contributed by atoms with Crippen LogP contribution in [0.1, 0.15) is 63.5 Å². The van der Waals surface area contributed by atoms with Gasteiger partial charge >= 0.3 is 0 Å². The van der Waals surface area contributed by atoms with Crippen LogP contribution in [0, 0.1) is 0 Å². The molecule has 0 aliphatic heterocycles. The summed E-state index contributed by atoms with van der Waals surface area (Å²) in [4.78, 5) is 2.23. The van der Waals surface area contributed by atoms with E-state index < -0.39 is 5.92 Å². The van der Waals surface area contributed by atoms with E-state index in [1.807, 2.05) is 6.07 Å². The first-order valence-corrected chi connectivity index (χ1v) is 10.3. The minimum atomic E-state index is -2.93. The molecule has 2 aromatic rings. The number of unbranched alkanes of at least 4 members (excludes halogenated alkanes) is 1. The topological polar surface area (TPSA) is 41.2 Å². The number of nitrogens with zero attached hydrogens (tertiary/aromatic N) is 2. The number of ether oxygens (including phenoxy) is 1. The van der Waals surface area contributed by atoms with Gasteiger partial charge in [-0.3, -0.25) is 5.10 Å². The van der Waals surface area contributed by atoms with Crippen molar-refractivity contribution in [3.05, 3.63) is 35.5 Å². The van der Waals surface area contributed by atoms with Gasteiger partial charge in [-0.15, -0.1) is 0 Å². The van der Waals surface area contributed by atoms with E-state index in [-0.39, 0.29) is 11.7 Å². The Balaban J connectivity index is 1.89. The second-order valence-electron chi connectivity index (χ2n) is 8.02. The number of aromatic amines is 1. The Hall–Kier alpha value is -1.95. The number of hydrogen-bond acceptors (Lipinski definition) is 3. The van der Waals surface area contributed by atoms with Crippen molar-refractivity contribution in [2.75, 3.05) is 13.6 Å². The second kappa shape index (κ2) is 9.03. The van der Waals surface area contributed by atoms with Crippen LogP contribution in [0.5, 0.6) is 5.75 Å². The lowest BCUT2D eigenvalue weighted by Gasteiger charge is -2.19. The second-order valence-corrected chi connectivity index (χ2v) is 8.02. The molecule has 0 spiro atoms. The first kappa shape index (κ1) is 20.8. The third-order valence-electron chi connectivity index (χ3n) is 5.36. The summed E-state index contributed by atoms with van der Waals surface area (Å²) < 4.78 is 34.3. The highest BCUT2D eigenvalue weighted by Crippen LogP contribution is 2.36. The van der Waals surface area contributed by atoms with Gasteiger partial charge in [0.1, 0.15) is 5.75 Å². The summed E-state index contributed by atoms with van der Waals surface area (Å²) in [6.07, 6.45) is 8.41. The highest BCUT2D eigenvalue weighted by molar-refractivity contribution is 5.66. The van der Waals surface area contributed by atoms with E-state index in [1.54, 1.807) is 12.3 Å². The third kappa shape index (κ3) is 5.31. The maximum atomic E-state index is 14.1. The number of nitrogens with one attached hydrogen (secondary N) is 1. The van der Waals surface area contributed by atoms with Gasteiger partial charge in [0.15, 0.2) is 0 Å². The maximum absolute atomic E-state index is 14.1. The summed E-state index contributed by atoms with van der Waals surface area (Å²) in [5, 5.41) is 7.18. The monoisotopic (exact) mass is 391 g/mol. The quantitative estimate of drug-likeness (QED) is 0.592. The molecule has 0 amide bonds. The Kier molecular flexibility index (Phi) is 6.70. The van der Waals surface area contributed by atoms with Crippen LogP contribution in [-0.4, -0.2) is 34.8 Å². The summed E-state index contributed by atoms with van der Waals surface area (Å²) in [6, 6.07) is 4.88. The van der Waals surface area contributed by atoms with Gasteiger partial charge in [0, 0.05) is 30.2 Å². The molecular formula is C22H31F2N3O. The number of rotatable bonds is 9. The molecule has 1 fully saturated rings. The van der Waals surface area contributed by atoms with Gasteiger partial charge in [0.2, 0.25) is 0 Å². The van der Waals surface area contributed by atoms with Crippen LogP contribution >= 0.6 is 0 Å². The van der Waals surface area contributed by atoms with Crippen molar-refractivity contribution >= 4 is 0 Å². The van der Waals surface area contributed by atoms with Gasteiger partial charge in [-0.1, -0.05) is 13.3 Å². The van der Waals surface area contributed by atoms with E-state index in [1.165, 1.54) is 6.07 Å². The van der Waals surface area contributed by atoms with Crippen molar-refractivity contribution in [1.82, 2.24) is 15.1 Å². The van der Waals surface area contributed by atoms with E-state index in [0.29, 0.717) is 11.3 Å². The number of benzene rings is 1. The molecule has 1 aromatic carbocycles. The van der Waals surface area contributed by atoms with Crippen molar-refractivity contribution < 1.29 is 13.5 Å². The number of hydrogen-bond donors (Lipinski definition) is 1. The fourth-order valence-electron chi connectivity index (χ4n) is 3.74. The van der Waals surface area contributed by atoms with Gasteiger partial charge in [0.05, 0.1) is 18.0 Å². The lowest BCUT2D eigenvalue weighted by atomic mass is 10.0. The number of H-pyrrole nitrogens is 1. The highest BCUT2D eigenvalue weighted by atomic mass is 19.3. The molecule has 3 rings (SSSR count). The number of aromatic nitrogens is 2. The molecule has 1 aliphatic carbocycles. The van der Waals surface area contributed by atoms with Crippen molar-refractivity contribution in [2.24, 2.45) is 0 Å². The van der Waals surface area contributed by atoms with E-state index in [9.17, 15) is 8.78 Å². The molecule has 0 saturated heterocycles. The van der Waals surface area contributed by atoms with Crippen LogP contribution in [0.3, 0.4) is 0 Å². The zero-order chi connectivity index (χ0) is 20.1. The molecule has 28 heavy (non-hydrogen) atoms. The fourth-order valence-corrected chi connectivity index (χ4v) is 3.74. The molecule has 1 aliphatic rings. The predicted molar refractivity (Wildman–Crippen MR) is 108 cm³/mol. The molecule has 1 aromatic heterocycles. The third-order valence-corrected chi connectivity index (χ3v) is 5.36. The molecule has 6 heteroatoms. The SMILES string of the molecule is CCCCN(C)Cc1cn[nH]c1-c1cc(OC2CCCC2)cc(C(C)(F)F)c1. The highest BCUT2D eigenvalue weighted by Gasteiger charge is 2.27. The molecular weight excluding hydrogens is 360 g/mol. The average molecular weight is 392 g/mol. The molecule has 0 bridgehead atoms. The zero-order valence-electron chi connectivity index (χ0n) is 17.1. The normalized spacial score (nSPS) is 15.5. The number of halogens is 2. The summed E-state index contributed by atoms with van der Waals surface area (Å²) in [6.45, 7) is 4.80. The minimum Gasteiger partial charge on any atom is -0.490 e. The standard InChI is InChI=1S/C22H31F2N3O/c1-4-5-10-27(3)15-17-14-25-26-21(17)16-11-18(22(2,23)24)13-20(12-16)28-19-8-6-7-9-19/h11-14,19H,4-10,15H2,1-3H3,(H,25,26). The van der Waals surface area contributed by atoms with Crippen molar-refractivity contribution in [2.45, 2.75) is 70.9 Å². The fraction of sp³-hybridized carbons (Fsp3) is 0.591. The zero-order valence-corrected chi connectivity index (χ0v) is 17.1. The van der Waals surface area contributed by atoms with Gasteiger partial charge in [-0.05, 0) is 63.9 Å². The molecule has 0 radical (unpaired) electrons. The molecule has 154 valence electrons. The van der Waals surface area contributed by atoms with Crippen LogP contribution in [0.4, 0.5) is 8.78 Å². The molecule has 1 N–H and O–H groups in total. The van der Waals surface area contributed by atoms with Gasteiger partial charge in [-0.25, -0.2) is 8.78 Å². The van der Waals surface area contributed by atoms with Gasteiger partial charge in [-0.2, -0.15) is 5.10 Å². The van der Waals surface area contributed by atoms with Crippen molar-refractivity contribution in [3.63, 3.8) is 0 Å². The van der Waals surface area contributed by atoms with Crippen molar-refractivity contribution in [1.29, 1.82) is 0 Å². The largest absolute Gasteiger partial charge is 0.490 e. The lowest BCUT2D eigenvalue weighted by Crippen LogP contribution is -2.19. The first-order chi connectivity index (χ1) is 13.4. The summed E-state index contributed by atoms with van der Waals surface area (Å²) >= 11 is 0. The maximum Gasteiger partial charge on any atom is 0.270 e. The Morgan fingerprint density at radius 1 is 1.25 bits per heavy atom. The lowest BCUT2D eigenvalue weighted by molar-refractivity contribution is 0.0171. The summed E-state index contributed by atoms with van der Waals surface area (Å²) in [5.74, 6) is -2.41. The van der Waals surface area contributed by atoms with E-state index in [4.69, 9.17) is 4.74 Å².